The van der Waals surface area contributed by atoms with Gasteiger partial charge in [0.1, 0.15) is 5.69 Å². The van der Waals surface area contributed by atoms with Gasteiger partial charge in [-0.1, -0.05) is 24.3 Å². The number of esters is 1. The number of ether oxygens (including phenoxy) is 1. The summed E-state index contributed by atoms with van der Waals surface area (Å²) in [5.41, 5.74) is 2.32. The summed E-state index contributed by atoms with van der Waals surface area (Å²) in [6.07, 6.45) is 7.78. The number of anilines is 1. The van der Waals surface area contributed by atoms with Crippen LogP contribution in [-0.2, 0) is 9.53 Å². The van der Waals surface area contributed by atoms with Crippen LogP contribution in [0.2, 0.25) is 0 Å². The van der Waals surface area contributed by atoms with Crippen molar-refractivity contribution in [1.29, 1.82) is 0 Å². The number of nitrogens with zero attached hydrogens (tertiary/aromatic N) is 3. The molecule has 0 amide bonds. The summed E-state index contributed by atoms with van der Waals surface area (Å²) in [6.45, 7) is 0. The molecule has 10 nitrogen and oxygen atoms in total. The highest BCUT2D eigenvalue weighted by molar-refractivity contribution is 5.93. The van der Waals surface area contributed by atoms with Crippen molar-refractivity contribution >= 4 is 28.7 Å². The molecule has 0 aromatic heterocycles. The lowest BCUT2D eigenvalue weighted by atomic mass is 10.0. The lowest BCUT2D eigenvalue weighted by molar-refractivity contribution is -0.393. The molecule has 1 aliphatic rings. The average molecular weight is 360 g/mol. The predicted molar refractivity (Wildman–Crippen MR) is 93.8 cm³/mol. The Morgan fingerprint density at radius 2 is 1.88 bits per heavy atom. The molecule has 2 rings (SSSR count). The molecule has 0 bridgehead atoms. The van der Waals surface area contributed by atoms with Crippen molar-refractivity contribution < 1.29 is 19.4 Å². The molecule has 0 heterocycles. The summed E-state index contributed by atoms with van der Waals surface area (Å²) in [7, 11) is 1.28. The summed E-state index contributed by atoms with van der Waals surface area (Å²) in [5, 5.41) is 26.1. The number of rotatable bonds is 8. The van der Waals surface area contributed by atoms with Crippen molar-refractivity contribution in [2.24, 2.45) is 11.0 Å². The minimum atomic E-state index is -0.728. The molecule has 136 valence electrons. The molecule has 1 aliphatic carbocycles. The molecule has 0 fully saturated rings. The fraction of sp³-hybridized carbons (Fsp3) is 0.250. The van der Waals surface area contributed by atoms with Crippen molar-refractivity contribution in [3.05, 3.63) is 62.7 Å². The van der Waals surface area contributed by atoms with Crippen molar-refractivity contribution in [1.82, 2.24) is 0 Å². The van der Waals surface area contributed by atoms with Gasteiger partial charge in [-0.3, -0.25) is 30.4 Å². The van der Waals surface area contributed by atoms with Crippen LogP contribution in [0.4, 0.5) is 17.1 Å². The third-order valence-electron chi connectivity index (χ3n) is 3.65. The number of hydrazone groups is 1. The SMILES string of the molecule is COC(=O)CC/C(=N/Nc1ccc([N+](=O)[O-])cc1[N+](=O)[O-])C1C=CC=C1. The Bertz CT molecular complexity index is 803. The van der Waals surface area contributed by atoms with Gasteiger partial charge in [0.25, 0.3) is 5.69 Å². The Hall–Kier alpha value is -3.56. The van der Waals surface area contributed by atoms with E-state index in [1.54, 1.807) is 0 Å². The number of carbonyl (C=O) groups is 1. The summed E-state index contributed by atoms with van der Waals surface area (Å²) >= 11 is 0. The zero-order valence-electron chi connectivity index (χ0n) is 13.8. The molecule has 0 saturated heterocycles. The molecule has 1 aromatic carbocycles. The molecular weight excluding hydrogens is 344 g/mol. The van der Waals surface area contributed by atoms with E-state index in [4.69, 9.17) is 0 Å². The van der Waals surface area contributed by atoms with Crippen molar-refractivity contribution in [2.75, 3.05) is 12.5 Å². The molecule has 1 aromatic rings. The average Bonchev–Trinajstić information content (AvgIpc) is 3.15. The largest absolute Gasteiger partial charge is 0.469 e. The van der Waals surface area contributed by atoms with Crippen LogP contribution in [0.25, 0.3) is 0 Å². The van der Waals surface area contributed by atoms with Gasteiger partial charge < -0.3 is 4.74 Å². The van der Waals surface area contributed by atoms with Crippen LogP contribution in [0.15, 0.2) is 47.6 Å². The summed E-state index contributed by atoms with van der Waals surface area (Å²) in [4.78, 5) is 31.9. The van der Waals surface area contributed by atoms with Crippen molar-refractivity contribution in [2.45, 2.75) is 12.8 Å². The summed E-state index contributed by atoms with van der Waals surface area (Å²) in [5.74, 6) is -0.547. The number of methoxy groups -OCH3 is 1. The van der Waals surface area contributed by atoms with Gasteiger partial charge in [0, 0.05) is 17.7 Å². The Kier molecular flexibility index (Phi) is 6.15. The van der Waals surface area contributed by atoms with E-state index in [2.05, 4.69) is 15.3 Å². The van der Waals surface area contributed by atoms with E-state index in [0.29, 0.717) is 12.1 Å². The zero-order chi connectivity index (χ0) is 19.1. The fourth-order valence-corrected chi connectivity index (χ4v) is 2.29. The smallest absolute Gasteiger partial charge is 0.305 e. The molecule has 0 unspecified atom stereocenters. The van der Waals surface area contributed by atoms with Gasteiger partial charge in [0.2, 0.25) is 0 Å². The number of non-ortho nitro benzene ring substituents is 1. The van der Waals surface area contributed by atoms with Crippen LogP contribution in [0, 0.1) is 26.1 Å². The van der Waals surface area contributed by atoms with E-state index in [-0.39, 0.29) is 23.7 Å². The van der Waals surface area contributed by atoms with E-state index in [9.17, 15) is 25.0 Å². The second kappa shape index (κ2) is 8.51. The molecular formula is C16H16N4O6. The number of nitro groups is 2. The van der Waals surface area contributed by atoms with E-state index < -0.39 is 21.5 Å². The van der Waals surface area contributed by atoms with E-state index in [1.807, 2.05) is 24.3 Å². The summed E-state index contributed by atoms with van der Waals surface area (Å²) < 4.78 is 4.61. The number of nitro benzene ring substituents is 2. The van der Waals surface area contributed by atoms with Gasteiger partial charge >= 0.3 is 11.7 Å². The zero-order valence-corrected chi connectivity index (χ0v) is 13.8. The number of hydrogen-bond acceptors (Lipinski definition) is 8. The fourth-order valence-electron chi connectivity index (χ4n) is 2.29. The van der Waals surface area contributed by atoms with Gasteiger partial charge in [0.15, 0.2) is 0 Å². The van der Waals surface area contributed by atoms with Crippen LogP contribution < -0.4 is 5.43 Å². The Morgan fingerprint density at radius 1 is 1.19 bits per heavy atom. The first-order valence-corrected chi connectivity index (χ1v) is 7.59. The predicted octanol–water partition coefficient (Wildman–Crippen LogP) is 2.97. The second-order valence-electron chi connectivity index (χ2n) is 5.30. The number of nitrogens with one attached hydrogen (secondary N) is 1. The highest BCUT2D eigenvalue weighted by Crippen LogP contribution is 2.29. The van der Waals surface area contributed by atoms with Gasteiger partial charge in [-0.15, -0.1) is 0 Å². The Balaban J connectivity index is 2.26. The molecule has 0 saturated carbocycles. The topological polar surface area (TPSA) is 137 Å². The number of hydrogen-bond donors (Lipinski definition) is 1. The van der Waals surface area contributed by atoms with Crippen LogP contribution in [0.5, 0.6) is 0 Å². The molecule has 0 atom stereocenters. The Morgan fingerprint density at radius 3 is 2.46 bits per heavy atom. The third-order valence-corrected chi connectivity index (χ3v) is 3.65. The van der Waals surface area contributed by atoms with Gasteiger partial charge in [0.05, 0.1) is 29.4 Å². The number of allylic oxidation sites excluding steroid dienone is 4. The first-order chi connectivity index (χ1) is 12.4. The molecule has 0 radical (unpaired) electrons. The minimum absolute atomic E-state index is 0.0159. The number of carbonyl (C=O) groups excluding carboxylic acids is 1. The van der Waals surface area contributed by atoms with Crippen molar-refractivity contribution in [3.63, 3.8) is 0 Å². The van der Waals surface area contributed by atoms with Gasteiger partial charge in [-0.05, 0) is 12.5 Å². The Labute approximate surface area is 148 Å². The van der Waals surface area contributed by atoms with E-state index in [0.717, 1.165) is 12.1 Å². The van der Waals surface area contributed by atoms with Crippen LogP contribution in [-0.4, -0.2) is 28.6 Å². The maximum atomic E-state index is 11.4. The lowest BCUT2D eigenvalue weighted by Gasteiger charge is -2.11. The molecule has 10 heteroatoms. The maximum Gasteiger partial charge on any atom is 0.305 e. The lowest BCUT2D eigenvalue weighted by Crippen LogP contribution is -2.14. The molecule has 1 N–H and O–H groups in total. The molecule has 0 spiro atoms. The minimum Gasteiger partial charge on any atom is -0.469 e. The normalized spacial score (nSPS) is 13.7. The van der Waals surface area contributed by atoms with Crippen LogP contribution in [0.3, 0.4) is 0 Å². The van der Waals surface area contributed by atoms with Crippen molar-refractivity contribution in [3.8, 4) is 0 Å². The maximum absolute atomic E-state index is 11.4. The standard InChI is InChI=1S/C16H16N4O6/c1-26-16(21)9-8-13(11-4-2-3-5-11)17-18-14-7-6-12(19(22)23)10-15(14)20(24)25/h2-7,10-11,18H,8-9H2,1H3/b17-13-. The highest BCUT2D eigenvalue weighted by Gasteiger charge is 2.20. The van der Waals surface area contributed by atoms with Crippen LogP contribution >= 0.6 is 0 Å². The van der Waals surface area contributed by atoms with E-state index in [1.165, 1.54) is 13.2 Å². The van der Waals surface area contributed by atoms with Gasteiger partial charge in [-0.25, -0.2) is 0 Å². The third kappa shape index (κ3) is 4.72. The second-order valence-corrected chi connectivity index (χ2v) is 5.30. The van der Waals surface area contributed by atoms with E-state index >= 15 is 0 Å². The number of benzene rings is 1. The molecule has 26 heavy (non-hydrogen) atoms. The monoisotopic (exact) mass is 360 g/mol. The summed E-state index contributed by atoms with van der Waals surface area (Å²) in [6, 6.07) is 3.23. The van der Waals surface area contributed by atoms with Crippen LogP contribution in [0.1, 0.15) is 12.8 Å². The van der Waals surface area contributed by atoms with Gasteiger partial charge in [-0.2, -0.15) is 5.10 Å². The first-order valence-electron chi connectivity index (χ1n) is 7.59. The quantitative estimate of drug-likeness (QED) is 0.325. The highest BCUT2D eigenvalue weighted by atomic mass is 16.6. The first kappa shape index (κ1) is 18.8. The molecule has 0 aliphatic heterocycles.